The molecule has 1 aromatic rings. The molecule has 15 heavy (non-hydrogen) atoms. The van der Waals surface area contributed by atoms with E-state index in [4.69, 9.17) is 5.73 Å². The second-order valence-electron chi connectivity index (χ2n) is 3.79. The molecule has 2 rings (SSSR count). The lowest BCUT2D eigenvalue weighted by molar-refractivity contribution is -0.121. The third kappa shape index (κ3) is 2.51. The first kappa shape index (κ1) is 10.5. The van der Waals surface area contributed by atoms with Crippen molar-refractivity contribution in [3.05, 3.63) is 5.51 Å². The average molecular weight is 226 g/mol. The predicted molar refractivity (Wildman–Crippen MR) is 58.5 cm³/mol. The molecule has 1 heterocycles. The van der Waals surface area contributed by atoms with Gasteiger partial charge in [-0.1, -0.05) is 24.2 Å². The molecule has 1 aromatic heterocycles. The molecular weight excluding hydrogens is 212 g/mol. The van der Waals surface area contributed by atoms with Crippen LogP contribution < -0.4 is 11.1 Å². The van der Waals surface area contributed by atoms with Crippen LogP contribution in [0.3, 0.4) is 0 Å². The topological polar surface area (TPSA) is 80.9 Å². The van der Waals surface area contributed by atoms with Crippen LogP contribution in [-0.2, 0) is 4.79 Å². The minimum absolute atomic E-state index is 0.00771. The molecule has 1 fully saturated rings. The zero-order valence-corrected chi connectivity index (χ0v) is 9.17. The van der Waals surface area contributed by atoms with E-state index in [9.17, 15) is 4.79 Å². The van der Waals surface area contributed by atoms with Gasteiger partial charge in [-0.15, -0.1) is 10.2 Å². The number of nitrogens with one attached hydrogen (secondary N) is 1. The largest absolute Gasteiger partial charge is 0.327 e. The fourth-order valence-corrected chi connectivity index (χ4v) is 2.36. The fraction of sp³-hybridized carbons (Fsp3) is 0.667. The summed E-state index contributed by atoms with van der Waals surface area (Å²) >= 11 is 1.32. The quantitative estimate of drug-likeness (QED) is 0.788. The number of anilines is 1. The van der Waals surface area contributed by atoms with Gasteiger partial charge in [0.1, 0.15) is 5.51 Å². The molecule has 2 unspecified atom stereocenters. The lowest BCUT2D eigenvalue weighted by Gasteiger charge is -2.26. The van der Waals surface area contributed by atoms with Crippen LogP contribution in [0.25, 0.3) is 0 Å². The van der Waals surface area contributed by atoms with Crippen molar-refractivity contribution in [3.63, 3.8) is 0 Å². The highest BCUT2D eigenvalue weighted by Gasteiger charge is 2.28. The summed E-state index contributed by atoms with van der Waals surface area (Å²) in [6, 6.07) is -0.00771. The maximum Gasteiger partial charge on any atom is 0.230 e. The number of carbonyl (C=O) groups excluding carboxylic acids is 1. The molecule has 0 aliphatic heterocycles. The molecule has 0 bridgehead atoms. The Labute approximate surface area is 92.1 Å². The SMILES string of the molecule is NC1CCCCC1C(=O)Nc1nncs1. The van der Waals surface area contributed by atoms with Gasteiger partial charge in [0.2, 0.25) is 11.0 Å². The fourth-order valence-electron chi connectivity index (χ4n) is 1.91. The lowest BCUT2D eigenvalue weighted by Crippen LogP contribution is -2.40. The maximum absolute atomic E-state index is 11.8. The van der Waals surface area contributed by atoms with E-state index in [0.29, 0.717) is 5.13 Å². The minimum atomic E-state index is -0.0670. The highest BCUT2D eigenvalue weighted by atomic mass is 32.1. The van der Waals surface area contributed by atoms with E-state index in [1.54, 1.807) is 5.51 Å². The number of hydrogen-bond acceptors (Lipinski definition) is 5. The van der Waals surface area contributed by atoms with Crippen LogP contribution >= 0.6 is 11.3 Å². The predicted octanol–water partition coefficient (Wildman–Crippen LogP) is 0.994. The second kappa shape index (κ2) is 4.67. The van der Waals surface area contributed by atoms with Crippen molar-refractivity contribution in [2.45, 2.75) is 31.7 Å². The summed E-state index contributed by atoms with van der Waals surface area (Å²) in [5.41, 5.74) is 7.51. The first-order valence-electron chi connectivity index (χ1n) is 5.10. The van der Waals surface area contributed by atoms with Gasteiger partial charge in [0.05, 0.1) is 5.92 Å². The van der Waals surface area contributed by atoms with Gasteiger partial charge in [-0.05, 0) is 12.8 Å². The maximum atomic E-state index is 11.8. The van der Waals surface area contributed by atoms with Crippen LogP contribution in [0.2, 0.25) is 0 Å². The summed E-state index contributed by atoms with van der Waals surface area (Å²) in [5, 5.41) is 10.7. The molecule has 5 nitrogen and oxygen atoms in total. The van der Waals surface area contributed by atoms with Crippen LogP contribution in [0.15, 0.2) is 5.51 Å². The Kier molecular flexibility index (Phi) is 3.27. The second-order valence-corrected chi connectivity index (χ2v) is 4.62. The van der Waals surface area contributed by atoms with Crippen LogP contribution in [0.5, 0.6) is 0 Å². The third-order valence-electron chi connectivity index (χ3n) is 2.75. The van der Waals surface area contributed by atoms with E-state index in [0.717, 1.165) is 25.7 Å². The summed E-state index contributed by atoms with van der Waals surface area (Å²) in [7, 11) is 0. The molecule has 0 saturated heterocycles. The van der Waals surface area contributed by atoms with Crippen molar-refractivity contribution in [1.29, 1.82) is 0 Å². The smallest absolute Gasteiger partial charge is 0.230 e. The van der Waals surface area contributed by atoms with Gasteiger partial charge in [0.25, 0.3) is 0 Å². The van der Waals surface area contributed by atoms with E-state index >= 15 is 0 Å². The van der Waals surface area contributed by atoms with E-state index < -0.39 is 0 Å². The molecule has 3 N–H and O–H groups in total. The first-order valence-corrected chi connectivity index (χ1v) is 5.98. The van der Waals surface area contributed by atoms with Crippen molar-refractivity contribution in [3.8, 4) is 0 Å². The van der Waals surface area contributed by atoms with Crippen LogP contribution in [0.1, 0.15) is 25.7 Å². The Balaban J connectivity index is 1.95. The number of amides is 1. The van der Waals surface area contributed by atoms with Crippen molar-refractivity contribution >= 4 is 22.4 Å². The number of aromatic nitrogens is 2. The molecule has 82 valence electrons. The van der Waals surface area contributed by atoms with Gasteiger partial charge in [-0.25, -0.2) is 0 Å². The summed E-state index contributed by atoms with van der Waals surface area (Å²) in [4.78, 5) is 11.8. The van der Waals surface area contributed by atoms with Gasteiger partial charge in [0.15, 0.2) is 0 Å². The number of nitrogens with two attached hydrogens (primary N) is 1. The van der Waals surface area contributed by atoms with Crippen molar-refractivity contribution in [1.82, 2.24) is 10.2 Å². The average Bonchev–Trinajstić information content (AvgIpc) is 2.71. The normalized spacial score (nSPS) is 26.2. The number of rotatable bonds is 2. The van der Waals surface area contributed by atoms with Gasteiger partial charge < -0.3 is 11.1 Å². The Morgan fingerprint density at radius 3 is 3.00 bits per heavy atom. The Morgan fingerprint density at radius 2 is 2.33 bits per heavy atom. The molecule has 0 aromatic carbocycles. The molecule has 1 aliphatic carbocycles. The minimum Gasteiger partial charge on any atom is -0.327 e. The van der Waals surface area contributed by atoms with E-state index in [1.165, 1.54) is 11.3 Å². The highest BCUT2D eigenvalue weighted by molar-refractivity contribution is 7.13. The molecule has 1 aliphatic rings. The summed E-state index contributed by atoms with van der Waals surface area (Å²) in [6.07, 6.45) is 4.03. The highest BCUT2D eigenvalue weighted by Crippen LogP contribution is 2.24. The molecule has 0 radical (unpaired) electrons. The number of carbonyl (C=O) groups is 1. The van der Waals surface area contributed by atoms with Crippen LogP contribution in [-0.4, -0.2) is 22.1 Å². The molecule has 6 heteroatoms. The molecule has 1 amide bonds. The number of nitrogens with zero attached hydrogens (tertiary/aromatic N) is 2. The molecule has 2 atom stereocenters. The van der Waals surface area contributed by atoms with Gasteiger partial charge in [-0.2, -0.15) is 0 Å². The summed E-state index contributed by atoms with van der Waals surface area (Å²) in [5.74, 6) is -0.0819. The van der Waals surface area contributed by atoms with E-state index in [1.807, 2.05) is 0 Å². The summed E-state index contributed by atoms with van der Waals surface area (Å²) in [6.45, 7) is 0. The number of hydrogen-bond donors (Lipinski definition) is 2. The van der Waals surface area contributed by atoms with Crippen LogP contribution in [0, 0.1) is 5.92 Å². The Bertz CT molecular complexity index is 327. The van der Waals surface area contributed by atoms with Gasteiger partial charge in [0, 0.05) is 6.04 Å². The molecule has 0 spiro atoms. The zero-order valence-electron chi connectivity index (χ0n) is 8.35. The van der Waals surface area contributed by atoms with E-state index in [2.05, 4.69) is 15.5 Å². The third-order valence-corrected chi connectivity index (χ3v) is 3.35. The lowest BCUT2D eigenvalue weighted by atomic mass is 9.84. The monoisotopic (exact) mass is 226 g/mol. The molecular formula is C9H14N4OS. The first-order chi connectivity index (χ1) is 7.27. The van der Waals surface area contributed by atoms with Crippen LogP contribution in [0.4, 0.5) is 5.13 Å². The summed E-state index contributed by atoms with van der Waals surface area (Å²) < 4.78 is 0. The Morgan fingerprint density at radius 1 is 1.53 bits per heavy atom. The standard InChI is InChI=1S/C9H14N4OS/c10-7-4-2-1-3-6(7)8(14)12-9-13-11-5-15-9/h5-7H,1-4,10H2,(H,12,13,14). The van der Waals surface area contributed by atoms with Crippen molar-refractivity contribution in [2.24, 2.45) is 11.7 Å². The Hall–Kier alpha value is -1.01. The molecule has 1 saturated carbocycles. The van der Waals surface area contributed by atoms with E-state index in [-0.39, 0.29) is 17.9 Å². The van der Waals surface area contributed by atoms with Crippen molar-refractivity contribution < 1.29 is 4.79 Å². The van der Waals surface area contributed by atoms with Gasteiger partial charge in [-0.3, -0.25) is 4.79 Å². The zero-order chi connectivity index (χ0) is 10.7. The van der Waals surface area contributed by atoms with Gasteiger partial charge >= 0.3 is 0 Å². The van der Waals surface area contributed by atoms with Crippen molar-refractivity contribution in [2.75, 3.05) is 5.32 Å².